The minimum atomic E-state index is -0.443. The molecule has 1 aliphatic heterocycles. The lowest BCUT2D eigenvalue weighted by molar-refractivity contribution is -0.123. The Morgan fingerprint density at radius 1 is 1.16 bits per heavy atom. The van der Waals surface area contributed by atoms with Gasteiger partial charge in [-0.15, -0.1) is 0 Å². The lowest BCUT2D eigenvalue weighted by Crippen LogP contribution is -2.44. The van der Waals surface area contributed by atoms with Crippen LogP contribution < -0.4 is 15.0 Å². The number of rotatable bonds is 9. The van der Waals surface area contributed by atoms with Gasteiger partial charge in [-0.05, 0) is 62.0 Å². The number of fused-ring (bicyclic) bond motifs is 1. The number of hydrogen-bond acceptors (Lipinski definition) is 4. The predicted molar refractivity (Wildman–Crippen MR) is 119 cm³/mol. The van der Waals surface area contributed by atoms with Crippen LogP contribution in [0, 0.1) is 5.82 Å². The Hall–Kier alpha value is -3.19. The second-order valence-electron chi connectivity index (χ2n) is 7.26. The summed E-state index contributed by atoms with van der Waals surface area (Å²) in [7, 11) is 0. The zero-order chi connectivity index (χ0) is 22.2. The Kier molecular flexibility index (Phi) is 7.78. The van der Waals surface area contributed by atoms with Crippen molar-refractivity contribution in [3.05, 3.63) is 65.7 Å². The van der Waals surface area contributed by atoms with Crippen LogP contribution in [-0.4, -0.2) is 49.4 Å². The zero-order valence-electron chi connectivity index (χ0n) is 17.9. The van der Waals surface area contributed by atoms with Gasteiger partial charge in [0, 0.05) is 6.54 Å². The third-order valence-corrected chi connectivity index (χ3v) is 5.15. The first-order valence-corrected chi connectivity index (χ1v) is 10.6. The van der Waals surface area contributed by atoms with E-state index in [1.54, 1.807) is 36.4 Å². The summed E-state index contributed by atoms with van der Waals surface area (Å²) in [6.45, 7) is 7.50. The molecule has 0 saturated heterocycles. The fourth-order valence-corrected chi connectivity index (χ4v) is 3.44. The van der Waals surface area contributed by atoms with Gasteiger partial charge in [-0.1, -0.05) is 38.1 Å². The van der Waals surface area contributed by atoms with Crippen LogP contribution in [0.25, 0.3) is 6.08 Å². The van der Waals surface area contributed by atoms with Crippen molar-refractivity contribution in [3.8, 4) is 5.75 Å². The number of nitrogens with one attached hydrogen (secondary N) is 1. The van der Waals surface area contributed by atoms with Crippen LogP contribution in [0.3, 0.4) is 0 Å². The number of hydrogen-bond donors (Lipinski definition) is 1. The molecule has 1 heterocycles. The third-order valence-electron chi connectivity index (χ3n) is 5.15. The maximum absolute atomic E-state index is 13.5. The summed E-state index contributed by atoms with van der Waals surface area (Å²) in [6.07, 6.45) is 2.32. The Bertz CT molecular complexity index is 957. The molecule has 2 amide bonds. The van der Waals surface area contributed by atoms with E-state index in [0.717, 1.165) is 26.1 Å². The highest BCUT2D eigenvalue weighted by molar-refractivity contribution is 6.12. The van der Waals surface area contributed by atoms with Gasteiger partial charge >= 0.3 is 0 Å². The summed E-state index contributed by atoms with van der Waals surface area (Å²) in [4.78, 5) is 29.3. The van der Waals surface area contributed by atoms with Crippen molar-refractivity contribution in [2.24, 2.45) is 0 Å². The monoisotopic (exact) mass is 425 g/mol. The van der Waals surface area contributed by atoms with Crippen molar-refractivity contribution in [1.82, 2.24) is 10.2 Å². The molecule has 0 saturated carbocycles. The highest BCUT2D eigenvalue weighted by atomic mass is 19.1. The fourth-order valence-electron chi connectivity index (χ4n) is 3.44. The summed E-state index contributed by atoms with van der Waals surface area (Å²) >= 11 is 0. The van der Waals surface area contributed by atoms with E-state index in [2.05, 4.69) is 24.1 Å². The lowest BCUT2D eigenvalue weighted by Gasteiger charge is -2.30. The molecule has 7 heteroatoms. The number of para-hydroxylation sites is 2. The lowest BCUT2D eigenvalue weighted by atomic mass is 10.1. The quantitative estimate of drug-likeness (QED) is 0.494. The third kappa shape index (κ3) is 5.92. The van der Waals surface area contributed by atoms with Gasteiger partial charge in [0.25, 0.3) is 5.91 Å². The molecule has 0 spiro atoms. The fraction of sp³-hybridized carbons (Fsp3) is 0.333. The van der Waals surface area contributed by atoms with Gasteiger partial charge in [0.1, 0.15) is 12.4 Å². The Morgan fingerprint density at radius 3 is 2.68 bits per heavy atom. The van der Waals surface area contributed by atoms with Crippen molar-refractivity contribution in [1.29, 1.82) is 0 Å². The van der Waals surface area contributed by atoms with Gasteiger partial charge in [-0.3, -0.25) is 14.5 Å². The van der Waals surface area contributed by atoms with Crippen molar-refractivity contribution < 1.29 is 18.7 Å². The van der Waals surface area contributed by atoms with Crippen LogP contribution in [0.4, 0.5) is 10.1 Å². The highest BCUT2D eigenvalue weighted by Crippen LogP contribution is 2.35. The van der Waals surface area contributed by atoms with Crippen LogP contribution in [0.1, 0.15) is 25.8 Å². The van der Waals surface area contributed by atoms with E-state index >= 15 is 0 Å². The molecule has 0 bridgehead atoms. The molecular weight excluding hydrogens is 397 g/mol. The van der Waals surface area contributed by atoms with Gasteiger partial charge in [-0.2, -0.15) is 0 Å². The van der Waals surface area contributed by atoms with Crippen molar-refractivity contribution in [2.45, 2.75) is 20.3 Å². The van der Waals surface area contributed by atoms with Gasteiger partial charge in [0.05, 0.1) is 5.69 Å². The SMILES string of the molecule is CCN(CC)CCCNC(=O)CN1C(=O)C(=Cc2cccc(F)c2)Oc2ccccc21. The molecule has 0 aromatic heterocycles. The van der Waals surface area contributed by atoms with E-state index in [-0.39, 0.29) is 18.2 Å². The molecule has 164 valence electrons. The molecule has 0 aliphatic carbocycles. The van der Waals surface area contributed by atoms with Crippen molar-refractivity contribution >= 4 is 23.6 Å². The van der Waals surface area contributed by atoms with Gasteiger partial charge in [0.15, 0.2) is 11.5 Å². The molecule has 0 radical (unpaired) electrons. The van der Waals surface area contributed by atoms with E-state index < -0.39 is 11.7 Å². The summed E-state index contributed by atoms with van der Waals surface area (Å²) in [6, 6.07) is 12.9. The van der Waals surface area contributed by atoms with Crippen molar-refractivity contribution in [3.63, 3.8) is 0 Å². The van der Waals surface area contributed by atoms with Gasteiger partial charge in [0.2, 0.25) is 5.91 Å². The molecule has 2 aromatic rings. The average molecular weight is 426 g/mol. The molecule has 3 rings (SSSR count). The number of carbonyl (C=O) groups excluding carboxylic acids is 2. The van der Waals surface area contributed by atoms with Crippen LogP contribution in [0.2, 0.25) is 0 Å². The first kappa shape index (κ1) is 22.5. The summed E-state index contributed by atoms with van der Waals surface area (Å²) in [5.74, 6) is -0.576. The number of halogens is 1. The smallest absolute Gasteiger partial charge is 0.294 e. The van der Waals surface area contributed by atoms with Crippen LogP contribution in [0.15, 0.2) is 54.3 Å². The average Bonchev–Trinajstić information content (AvgIpc) is 2.77. The van der Waals surface area contributed by atoms with Gasteiger partial charge < -0.3 is 15.0 Å². The number of nitrogens with zero attached hydrogens (tertiary/aromatic N) is 2. The van der Waals surface area contributed by atoms with Gasteiger partial charge in [-0.25, -0.2) is 4.39 Å². The number of anilines is 1. The maximum atomic E-state index is 13.5. The molecule has 1 N–H and O–H groups in total. The number of benzene rings is 2. The normalized spacial score (nSPS) is 14.5. The Balaban J connectivity index is 1.71. The van der Waals surface area contributed by atoms with Crippen molar-refractivity contribution in [2.75, 3.05) is 37.6 Å². The molecule has 31 heavy (non-hydrogen) atoms. The van der Waals surface area contributed by atoms with E-state index in [9.17, 15) is 14.0 Å². The van der Waals surface area contributed by atoms with E-state index in [0.29, 0.717) is 23.5 Å². The molecular formula is C24H28FN3O3. The zero-order valence-corrected chi connectivity index (χ0v) is 17.9. The van der Waals surface area contributed by atoms with E-state index in [1.807, 2.05) is 0 Å². The first-order valence-electron chi connectivity index (χ1n) is 10.6. The molecule has 0 atom stereocenters. The second kappa shape index (κ2) is 10.7. The maximum Gasteiger partial charge on any atom is 0.294 e. The Morgan fingerprint density at radius 2 is 1.94 bits per heavy atom. The Labute approximate surface area is 182 Å². The summed E-state index contributed by atoms with van der Waals surface area (Å²) in [5.41, 5.74) is 1.03. The number of ether oxygens (including phenoxy) is 1. The molecule has 1 aliphatic rings. The second-order valence-corrected chi connectivity index (χ2v) is 7.26. The molecule has 0 fully saturated rings. The molecule has 2 aromatic carbocycles. The van der Waals surface area contributed by atoms with Crippen LogP contribution >= 0.6 is 0 Å². The number of amides is 2. The summed E-state index contributed by atoms with van der Waals surface area (Å²) in [5, 5.41) is 2.89. The number of carbonyl (C=O) groups is 2. The minimum absolute atomic E-state index is 0.0404. The standard InChI is InChI=1S/C24H28FN3O3/c1-3-27(4-2)14-8-13-26-23(29)17-28-20-11-5-6-12-21(20)31-22(24(28)30)16-18-9-7-10-19(25)15-18/h5-7,9-12,15-16H,3-4,8,13-14,17H2,1-2H3,(H,26,29). The largest absolute Gasteiger partial charge is 0.449 e. The van der Waals surface area contributed by atoms with Crippen LogP contribution in [-0.2, 0) is 9.59 Å². The topological polar surface area (TPSA) is 61.9 Å². The van der Waals surface area contributed by atoms with Crippen LogP contribution in [0.5, 0.6) is 5.75 Å². The minimum Gasteiger partial charge on any atom is -0.449 e. The highest BCUT2D eigenvalue weighted by Gasteiger charge is 2.31. The van der Waals surface area contributed by atoms with E-state index in [4.69, 9.17) is 4.74 Å². The molecule has 6 nitrogen and oxygen atoms in total. The predicted octanol–water partition coefficient (Wildman–Crippen LogP) is 3.44. The summed E-state index contributed by atoms with van der Waals surface area (Å²) < 4.78 is 19.3. The first-order chi connectivity index (χ1) is 15.0. The molecule has 0 unspecified atom stereocenters. The van der Waals surface area contributed by atoms with E-state index in [1.165, 1.54) is 23.1 Å².